The van der Waals surface area contributed by atoms with E-state index < -0.39 is 4.92 Å². The summed E-state index contributed by atoms with van der Waals surface area (Å²) in [4.78, 5) is 23.4. The fourth-order valence-corrected chi connectivity index (χ4v) is 3.16. The van der Waals surface area contributed by atoms with Crippen molar-refractivity contribution in [2.75, 3.05) is 6.54 Å². The first-order valence-electron chi connectivity index (χ1n) is 10.1. The molecular formula is C23H26N4O3. The van der Waals surface area contributed by atoms with Crippen LogP contribution >= 0.6 is 0 Å². The standard InChI is InChI=1S/C23H26N4O3/c1-4-5-6-13-24-23(28)22-15-21(18-8-7-16(2)17(3)14-18)25-26(22)19-9-11-20(12-10-19)27(29)30/h7-12,14-15H,4-6,13H2,1-3H3,(H,24,28). The van der Waals surface area contributed by atoms with E-state index >= 15 is 0 Å². The first kappa shape index (κ1) is 21.2. The number of nitro groups is 1. The predicted molar refractivity (Wildman–Crippen MR) is 117 cm³/mol. The van der Waals surface area contributed by atoms with Gasteiger partial charge in [0.2, 0.25) is 0 Å². The molecule has 1 heterocycles. The lowest BCUT2D eigenvalue weighted by Gasteiger charge is -2.08. The van der Waals surface area contributed by atoms with Gasteiger partial charge in [-0.25, -0.2) is 4.68 Å². The van der Waals surface area contributed by atoms with Crippen LogP contribution in [0.15, 0.2) is 48.5 Å². The van der Waals surface area contributed by atoms with Crippen molar-refractivity contribution < 1.29 is 9.72 Å². The van der Waals surface area contributed by atoms with E-state index in [1.807, 2.05) is 32.0 Å². The molecule has 156 valence electrons. The van der Waals surface area contributed by atoms with Gasteiger partial charge in [0.15, 0.2) is 0 Å². The molecule has 0 aliphatic carbocycles. The third-order valence-corrected chi connectivity index (χ3v) is 5.12. The SMILES string of the molecule is CCCCCNC(=O)c1cc(-c2ccc(C)c(C)c2)nn1-c1ccc([N+](=O)[O-])cc1. The molecule has 0 saturated heterocycles. The molecule has 3 aromatic rings. The van der Waals surface area contributed by atoms with E-state index in [0.29, 0.717) is 23.6 Å². The number of nitrogens with one attached hydrogen (secondary N) is 1. The Labute approximate surface area is 175 Å². The molecule has 0 saturated carbocycles. The van der Waals surface area contributed by atoms with Crippen LogP contribution in [0.25, 0.3) is 16.9 Å². The lowest BCUT2D eigenvalue weighted by Crippen LogP contribution is -2.26. The highest BCUT2D eigenvalue weighted by atomic mass is 16.6. The van der Waals surface area contributed by atoms with Crippen LogP contribution in [0.3, 0.4) is 0 Å². The maximum atomic E-state index is 12.9. The third-order valence-electron chi connectivity index (χ3n) is 5.12. The Kier molecular flexibility index (Phi) is 6.61. The van der Waals surface area contributed by atoms with Gasteiger partial charge in [-0.3, -0.25) is 14.9 Å². The van der Waals surface area contributed by atoms with Crippen molar-refractivity contribution in [1.82, 2.24) is 15.1 Å². The third kappa shape index (κ3) is 4.74. The summed E-state index contributed by atoms with van der Waals surface area (Å²) in [5.74, 6) is -0.216. The number of aryl methyl sites for hydroxylation is 2. The van der Waals surface area contributed by atoms with E-state index in [0.717, 1.165) is 30.4 Å². The smallest absolute Gasteiger partial charge is 0.270 e. The Balaban J connectivity index is 1.99. The topological polar surface area (TPSA) is 90.1 Å². The van der Waals surface area contributed by atoms with Crippen molar-refractivity contribution in [2.45, 2.75) is 40.0 Å². The van der Waals surface area contributed by atoms with Crippen molar-refractivity contribution in [3.63, 3.8) is 0 Å². The average Bonchev–Trinajstić information content (AvgIpc) is 3.18. The second kappa shape index (κ2) is 9.35. The van der Waals surface area contributed by atoms with Crippen LogP contribution in [0.5, 0.6) is 0 Å². The molecule has 0 spiro atoms. The largest absolute Gasteiger partial charge is 0.351 e. The van der Waals surface area contributed by atoms with Gasteiger partial charge in [0.05, 0.1) is 16.3 Å². The zero-order valence-corrected chi connectivity index (χ0v) is 17.5. The van der Waals surface area contributed by atoms with Crippen molar-refractivity contribution in [1.29, 1.82) is 0 Å². The lowest BCUT2D eigenvalue weighted by molar-refractivity contribution is -0.384. The van der Waals surface area contributed by atoms with Gasteiger partial charge in [0.25, 0.3) is 11.6 Å². The monoisotopic (exact) mass is 406 g/mol. The normalized spacial score (nSPS) is 10.8. The van der Waals surface area contributed by atoms with Gasteiger partial charge >= 0.3 is 0 Å². The Morgan fingerprint density at radius 2 is 1.80 bits per heavy atom. The van der Waals surface area contributed by atoms with Gasteiger partial charge in [0, 0.05) is 24.2 Å². The van der Waals surface area contributed by atoms with E-state index in [2.05, 4.69) is 17.3 Å². The molecule has 0 bridgehead atoms. The number of rotatable bonds is 8. The highest BCUT2D eigenvalue weighted by Gasteiger charge is 2.18. The Morgan fingerprint density at radius 1 is 1.07 bits per heavy atom. The summed E-state index contributed by atoms with van der Waals surface area (Å²) in [6.07, 6.45) is 3.04. The molecular weight excluding hydrogens is 380 g/mol. The van der Waals surface area contributed by atoms with E-state index in [1.165, 1.54) is 17.7 Å². The first-order valence-corrected chi connectivity index (χ1v) is 10.1. The minimum absolute atomic E-state index is 0.00847. The van der Waals surface area contributed by atoms with Crippen LogP contribution < -0.4 is 5.32 Å². The number of nitrogens with zero attached hydrogens (tertiary/aromatic N) is 3. The van der Waals surface area contributed by atoms with Crippen molar-refractivity contribution in [3.8, 4) is 16.9 Å². The fraction of sp³-hybridized carbons (Fsp3) is 0.304. The van der Waals surface area contributed by atoms with E-state index in [4.69, 9.17) is 0 Å². The van der Waals surface area contributed by atoms with Gasteiger partial charge in [-0.05, 0) is 55.7 Å². The highest BCUT2D eigenvalue weighted by Crippen LogP contribution is 2.25. The highest BCUT2D eigenvalue weighted by molar-refractivity contribution is 5.94. The van der Waals surface area contributed by atoms with E-state index in [9.17, 15) is 14.9 Å². The van der Waals surface area contributed by atoms with Crippen LogP contribution in [0.4, 0.5) is 5.69 Å². The summed E-state index contributed by atoms with van der Waals surface area (Å²) in [6.45, 7) is 6.79. The number of aromatic nitrogens is 2. The molecule has 1 N–H and O–H groups in total. The van der Waals surface area contributed by atoms with Gasteiger partial charge in [-0.1, -0.05) is 31.9 Å². The molecule has 7 heteroatoms. The number of hydrogen-bond donors (Lipinski definition) is 1. The lowest BCUT2D eigenvalue weighted by atomic mass is 10.0. The number of nitro benzene ring substituents is 1. The summed E-state index contributed by atoms with van der Waals surface area (Å²) < 4.78 is 1.55. The van der Waals surface area contributed by atoms with E-state index in [-0.39, 0.29) is 11.6 Å². The Hall–Kier alpha value is -3.48. The predicted octanol–water partition coefficient (Wildman–Crippen LogP) is 4.98. The van der Waals surface area contributed by atoms with Crippen LogP contribution in [0.1, 0.15) is 47.8 Å². The first-order chi connectivity index (χ1) is 14.4. The fourth-order valence-electron chi connectivity index (χ4n) is 3.16. The summed E-state index contributed by atoms with van der Waals surface area (Å²) in [5, 5.41) is 18.6. The molecule has 0 aliphatic heterocycles. The molecule has 0 aliphatic rings. The quantitative estimate of drug-likeness (QED) is 0.324. The molecule has 0 fully saturated rings. The van der Waals surface area contributed by atoms with Crippen LogP contribution in [-0.4, -0.2) is 27.2 Å². The number of unbranched alkanes of at least 4 members (excludes halogenated alkanes) is 2. The number of carbonyl (C=O) groups is 1. The second-order valence-electron chi connectivity index (χ2n) is 7.36. The maximum Gasteiger partial charge on any atom is 0.270 e. The molecule has 1 amide bonds. The average molecular weight is 406 g/mol. The minimum Gasteiger partial charge on any atom is -0.351 e. The molecule has 1 aromatic heterocycles. The molecule has 30 heavy (non-hydrogen) atoms. The number of hydrogen-bond acceptors (Lipinski definition) is 4. The molecule has 0 atom stereocenters. The molecule has 2 aromatic carbocycles. The zero-order chi connectivity index (χ0) is 21.7. The summed E-state index contributed by atoms with van der Waals surface area (Å²) in [7, 11) is 0. The number of amides is 1. The molecule has 3 rings (SSSR count). The van der Waals surface area contributed by atoms with E-state index in [1.54, 1.807) is 22.9 Å². The van der Waals surface area contributed by atoms with Crippen LogP contribution in [0.2, 0.25) is 0 Å². The minimum atomic E-state index is -0.450. The zero-order valence-electron chi connectivity index (χ0n) is 17.5. The maximum absolute atomic E-state index is 12.9. The van der Waals surface area contributed by atoms with Crippen molar-refractivity contribution in [3.05, 3.63) is 75.5 Å². The number of non-ortho nitro benzene ring substituents is 1. The van der Waals surface area contributed by atoms with Gasteiger partial charge in [0.1, 0.15) is 5.69 Å². The van der Waals surface area contributed by atoms with Gasteiger partial charge < -0.3 is 5.32 Å². The Bertz CT molecular complexity index is 1050. The van der Waals surface area contributed by atoms with Gasteiger partial charge in [-0.2, -0.15) is 5.10 Å². The van der Waals surface area contributed by atoms with Crippen molar-refractivity contribution in [2.24, 2.45) is 0 Å². The molecule has 0 unspecified atom stereocenters. The summed E-state index contributed by atoms with van der Waals surface area (Å²) in [5.41, 5.74) is 4.90. The van der Waals surface area contributed by atoms with Crippen LogP contribution in [0, 0.1) is 24.0 Å². The summed E-state index contributed by atoms with van der Waals surface area (Å²) in [6, 6.07) is 13.8. The van der Waals surface area contributed by atoms with Crippen molar-refractivity contribution >= 4 is 11.6 Å². The molecule has 7 nitrogen and oxygen atoms in total. The summed E-state index contributed by atoms with van der Waals surface area (Å²) >= 11 is 0. The number of carbonyl (C=O) groups excluding carboxylic acids is 1. The number of benzene rings is 2. The van der Waals surface area contributed by atoms with Gasteiger partial charge in [-0.15, -0.1) is 0 Å². The second-order valence-corrected chi connectivity index (χ2v) is 7.36. The van der Waals surface area contributed by atoms with Crippen LogP contribution in [-0.2, 0) is 0 Å². The Morgan fingerprint density at radius 3 is 2.43 bits per heavy atom. The molecule has 0 radical (unpaired) electrons.